The topological polar surface area (TPSA) is 42.0 Å². The van der Waals surface area contributed by atoms with Crippen LogP contribution in [0, 0.1) is 12.8 Å². The quantitative estimate of drug-likeness (QED) is 0.769. The van der Waals surface area contributed by atoms with Gasteiger partial charge in [0, 0.05) is 22.9 Å². The van der Waals surface area contributed by atoms with E-state index in [2.05, 4.69) is 23.3 Å². The lowest BCUT2D eigenvalue weighted by Gasteiger charge is -2.27. The average molecular weight is 355 g/mol. The molecule has 2 aromatic rings. The van der Waals surface area contributed by atoms with E-state index in [0.717, 1.165) is 46.2 Å². The minimum Gasteiger partial charge on any atom is -0.349 e. The normalized spacial score (nSPS) is 20.2. The summed E-state index contributed by atoms with van der Waals surface area (Å²) in [6, 6.07) is 12.3. The molecule has 0 spiro atoms. The molecule has 0 saturated heterocycles. The SMILES string of the molecule is Cc1ccc(CSc2ccccc2C(=O)NC2CCC(C)CC2)nc1. The van der Waals surface area contributed by atoms with Crippen LogP contribution >= 0.6 is 11.8 Å². The molecule has 1 saturated carbocycles. The van der Waals surface area contributed by atoms with Crippen LogP contribution in [0.4, 0.5) is 0 Å². The molecule has 0 atom stereocenters. The second-order valence-electron chi connectivity index (χ2n) is 7.04. The Kier molecular flexibility index (Phi) is 6.14. The first-order valence-corrected chi connectivity index (χ1v) is 10.0. The third kappa shape index (κ3) is 5.08. The number of aryl methyl sites for hydroxylation is 1. The molecule has 0 radical (unpaired) electrons. The summed E-state index contributed by atoms with van der Waals surface area (Å²) in [4.78, 5) is 18.2. The summed E-state index contributed by atoms with van der Waals surface area (Å²) in [5.74, 6) is 1.61. The molecule has 0 aliphatic heterocycles. The van der Waals surface area contributed by atoms with E-state index in [4.69, 9.17) is 0 Å². The van der Waals surface area contributed by atoms with E-state index < -0.39 is 0 Å². The van der Waals surface area contributed by atoms with Crippen LogP contribution in [0.1, 0.15) is 54.2 Å². The number of carbonyl (C=O) groups excluding carboxylic acids is 1. The number of benzene rings is 1. The van der Waals surface area contributed by atoms with Crippen LogP contribution in [0.5, 0.6) is 0 Å². The first-order valence-electron chi connectivity index (χ1n) is 9.06. The Morgan fingerprint density at radius 2 is 1.92 bits per heavy atom. The van der Waals surface area contributed by atoms with Crippen molar-refractivity contribution >= 4 is 17.7 Å². The van der Waals surface area contributed by atoms with Gasteiger partial charge in [0.2, 0.25) is 0 Å². The summed E-state index contributed by atoms with van der Waals surface area (Å²) in [6.45, 7) is 4.33. The van der Waals surface area contributed by atoms with Crippen molar-refractivity contribution in [2.45, 2.75) is 56.2 Å². The Morgan fingerprint density at radius 3 is 2.64 bits per heavy atom. The predicted octanol–water partition coefficient (Wildman–Crippen LogP) is 4.99. The Balaban J connectivity index is 1.63. The molecule has 1 amide bonds. The zero-order chi connectivity index (χ0) is 17.6. The molecule has 4 heteroatoms. The highest BCUT2D eigenvalue weighted by molar-refractivity contribution is 7.98. The average Bonchev–Trinajstić information content (AvgIpc) is 2.63. The number of carbonyl (C=O) groups is 1. The zero-order valence-corrected chi connectivity index (χ0v) is 15.8. The molecular weight excluding hydrogens is 328 g/mol. The molecule has 25 heavy (non-hydrogen) atoms. The lowest BCUT2D eigenvalue weighted by molar-refractivity contribution is 0.0920. The third-order valence-electron chi connectivity index (χ3n) is 4.83. The summed E-state index contributed by atoms with van der Waals surface area (Å²) in [7, 11) is 0. The molecule has 3 rings (SSSR count). The molecule has 0 unspecified atom stereocenters. The van der Waals surface area contributed by atoms with Crippen LogP contribution in [0.2, 0.25) is 0 Å². The van der Waals surface area contributed by atoms with E-state index in [9.17, 15) is 4.79 Å². The van der Waals surface area contributed by atoms with E-state index in [1.807, 2.05) is 43.5 Å². The molecule has 1 aliphatic rings. The number of rotatable bonds is 5. The highest BCUT2D eigenvalue weighted by Gasteiger charge is 2.21. The summed E-state index contributed by atoms with van der Waals surface area (Å²) in [5, 5.41) is 3.23. The van der Waals surface area contributed by atoms with Crippen LogP contribution in [0.25, 0.3) is 0 Å². The fourth-order valence-electron chi connectivity index (χ4n) is 3.18. The highest BCUT2D eigenvalue weighted by atomic mass is 32.2. The van der Waals surface area contributed by atoms with Crippen molar-refractivity contribution in [3.8, 4) is 0 Å². The van der Waals surface area contributed by atoms with Crippen molar-refractivity contribution in [3.05, 3.63) is 59.4 Å². The first-order chi connectivity index (χ1) is 12.1. The predicted molar refractivity (Wildman–Crippen MR) is 104 cm³/mol. The number of nitrogens with one attached hydrogen (secondary N) is 1. The van der Waals surface area contributed by atoms with Crippen molar-refractivity contribution in [1.29, 1.82) is 0 Å². The number of hydrogen-bond acceptors (Lipinski definition) is 3. The molecule has 0 bridgehead atoms. The Hall–Kier alpha value is -1.81. The molecule has 1 N–H and O–H groups in total. The molecule has 132 valence electrons. The van der Waals surface area contributed by atoms with Gasteiger partial charge >= 0.3 is 0 Å². The largest absolute Gasteiger partial charge is 0.349 e. The van der Waals surface area contributed by atoms with Crippen LogP contribution in [-0.2, 0) is 5.75 Å². The summed E-state index contributed by atoms with van der Waals surface area (Å²) in [5.41, 5.74) is 2.97. The van der Waals surface area contributed by atoms with Gasteiger partial charge in [-0.2, -0.15) is 0 Å². The maximum Gasteiger partial charge on any atom is 0.252 e. The summed E-state index contributed by atoms with van der Waals surface area (Å²) in [6.07, 6.45) is 6.49. The maximum atomic E-state index is 12.7. The van der Waals surface area contributed by atoms with Gasteiger partial charge in [-0.3, -0.25) is 9.78 Å². The third-order valence-corrected chi connectivity index (χ3v) is 5.94. The van der Waals surface area contributed by atoms with Crippen molar-refractivity contribution in [2.75, 3.05) is 0 Å². The lowest BCUT2D eigenvalue weighted by Crippen LogP contribution is -2.37. The number of pyridine rings is 1. The monoisotopic (exact) mass is 354 g/mol. The molecule has 3 nitrogen and oxygen atoms in total. The molecule has 1 aliphatic carbocycles. The zero-order valence-electron chi connectivity index (χ0n) is 15.0. The number of aromatic nitrogens is 1. The fraction of sp³-hybridized carbons (Fsp3) is 0.429. The Bertz CT molecular complexity index is 706. The lowest BCUT2D eigenvalue weighted by atomic mass is 9.87. The van der Waals surface area contributed by atoms with Crippen LogP contribution in [-0.4, -0.2) is 16.9 Å². The van der Waals surface area contributed by atoms with E-state index >= 15 is 0 Å². The minimum absolute atomic E-state index is 0.0551. The first kappa shape index (κ1) is 18.0. The van der Waals surface area contributed by atoms with Gasteiger partial charge in [0.25, 0.3) is 5.91 Å². The standard InChI is InChI=1S/C21H26N2OS/c1-15-7-10-17(11-8-15)23-21(24)19-5-3-4-6-20(19)25-14-18-12-9-16(2)13-22-18/h3-6,9,12-13,15,17H,7-8,10-11,14H2,1-2H3,(H,23,24). The van der Waals surface area contributed by atoms with Gasteiger partial charge in [-0.25, -0.2) is 0 Å². The number of nitrogens with zero attached hydrogens (tertiary/aromatic N) is 1. The van der Waals surface area contributed by atoms with Crippen LogP contribution in [0.3, 0.4) is 0 Å². The highest BCUT2D eigenvalue weighted by Crippen LogP contribution is 2.27. The van der Waals surface area contributed by atoms with Gasteiger partial charge in [-0.15, -0.1) is 11.8 Å². The van der Waals surface area contributed by atoms with E-state index in [1.54, 1.807) is 11.8 Å². The van der Waals surface area contributed by atoms with Gasteiger partial charge < -0.3 is 5.32 Å². The second kappa shape index (κ2) is 8.52. The molecule has 1 heterocycles. The molecular formula is C21H26N2OS. The van der Waals surface area contributed by atoms with Gasteiger partial charge in [0.15, 0.2) is 0 Å². The second-order valence-corrected chi connectivity index (χ2v) is 8.06. The van der Waals surface area contributed by atoms with Crippen molar-refractivity contribution in [2.24, 2.45) is 5.92 Å². The van der Waals surface area contributed by atoms with Crippen molar-refractivity contribution < 1.29 is 4.79 Å². The molecule has 1 aromatic carbocycles. The van der Waals surface area contributed by atoms with Crippen LogP contribution in [0.15, 0.2) is 47.5 Å². The van der Waals surface area contributed by atoms with E-state index in [-0.39, 0.29) is 5.91 Å². The summed E-state index contributed by atoms with van der Waals surface area (Å²) < 4.78 is 0. The maximum absolute atomic E-state index is 12.7. The number of hydrogen-bond donors (Lipinski definition) is 1. The summed E-state index contributed by atoms with van der Waals surface area (Å²) >= 11 is 1.67. The van der Waals surface area contributed by atoms with E-state index in [0.29, 0.717) is 6.04 Å². The fourth-order valence-corrected chi connectivity index (χ4v) is 4.15. The van der Waals surface area contributed by atoms with E-state index in [1.165, 1.54) is 12.8 Å². The molecule has 1 aromatic heterocycles. The van der Waals surface area contributed by atoms with Crippen molar-refractivity contribution in [1.82, 2.24) is 10.3 Å². The smallest absolute Gasteiger partial charge is 0.252 e. The number of amides is 1. The van der Waals surface area contributed by atoms with Gasteiger partial charge in [0.05, 0.1) is 11.3 Å². The van der Waals surface area contributed by atoms with Gasteiger partial charge in [0.1, 0.15) is 0 Å². The van der Waals surface area contributed by atoms with Gasteiger partial charge in [-0.05, 0) is 62.3 Å². The number of thioether (sulfide) groups is 1. The van der Waals surface area contributed by atoms with Crippen molar-refractivity contribution in [3.63, 3.8) is 0 Å². The minimum atomic E-state index is 0.0551. The Labute approximate surface area is 154 Å². The Morgan fingerprint density at radius 1 is 1.16 bits per heavy atom. The molecule has 1 fully saturated rings. The van der Waals surface area contributed by atoms with Crippen LogP contribution < -0.4 is 5.32 Å². The van der Waals surface area contributed by atoms with Gasteiger partial charge in [-0.1, -0.05) is 25.1 Å².